The summed E-state index contributed by atoms with van der Waals surface area (Å²) >= 11 is 0. The van der Waals surface area contributed by atoms with Gasteiger partial charge in [-0.05, 0) is 50.6 Å². The van der Waals surface area contributed by atoms with Crippen LogP contribution in [0.2, 0.25) is 0 Å². The van der Waals surface area contributed by atoms with E-state index in [1.165, 1.54) is 22.3 Å². The molecule has 0 fully saturated rings. The van der Waals surface area contributed by atoms with Crippen molar-refractivity contribution in [2.45, 2.75) is 38.8 Å². The van der Waals surface area contributed by atoms with Crippen LogP contribution in [-0.4, -0.2) is 12.6 Å². The number of rotatable bonds is 3. The van der Waals surface area contributed by atoms with Crippen LogP contribution in [0.25, 0.3) is 0 Å². The average Bonchev–Trinajstić information content (AvgIpc) is 2.75. The van der Waals surface area contributed by atoms with E-state index in [4.69, 9.17) is 4.74 Å². The Hall–Kier alpha value is -1.80. The highest BCUT2D eigenvalue weighted by atomic mass is 16.5. The van der Waals surface area contributed by atoms with Crippen LogP contribution in [0, 0.1) is 6.92 Å². The highest BCUT2D eigenvalue weighted by Gasteiger charge is 2.30. The summed E-state index contributed by atoms with van der Waals surface area (Å²) in [5, 5.41) is 3.43. The predicted molar refractivity (Wildman–Crippen MR) is 86.9 cm³/mol. The molecule has 1 aliphatic rings. The molecule has 1 aliphatic heterocycles. The van der Waals surface area contributed by atoms with Gasteiger partial charge in [-0.3, -0.25) is 0 Å². The molecule has 0 radical (unpaired) electrons. The van der Waals surface area contributed by atoms with Gasteiger partial charge < -0.3 is 10.1 Å². The quantitative estimate of drug-likeness (QED) is 0.917. The summed E-state index contributed by atoms with van der Waals surface area (Å²) < 4.78 is 5.96. The molecule has 0 bridgehead atoms. The maximum absolute atomic E-state index is 5.96. The minimum Gasteiger partial charge on any atom is -0.487 e. The van der Waals surface area contributed by atoms with Gasteiger partial charge in [0.25, 0.3) is 0 Å². The van der Waals surface area contributed by atoms with Crippen molar-refractivity contribution in [1.29, 1.82) is 0 Å². The lowest BCUT2D eigenvalue weighted by atomic mass is 9.94. The molecule has 1 N–H and O–H groups in total. The largest absolute Gasteiger partial charge is 0.487 e. The van der Waals surface area contributed by atoms with Gasteiger partial charge in [0.15, 0.2) is 0 Å². The molecule has 1 atom stereocenters. The smallest absolute Gasteiger partial charge is 0.123 e. The third-order valence-corrected chi connectivity index (χ3v) is 4.12. The molecule has 3 rings (SSSR count). The number of fused-ring (bicyclic) bond motifs is 1. The molecule has 2 aromatic rings. The van der Waals surface area contributed by atoms with Crippen molar-refractivity contribution < 1.29 is 4.74 Å². The molecule has 21 heavy (non-hydrogen) atoms. The van der Waals surface area contributed by atoms with Gasteiger partial charge in [0.05, 0.1) is 6.04 Å². The van der Waals surface area contributed by atoms with Crippen LogP contribution in [-0.2, 0) is 6.42 Å². The third kappa shape index (κ3) is 2.81. The fourth-order valence-corrected chi connectivity index (χ4v) is 3.09. The molecule has 2 heteroatoms. The van der Waals surface area contributed by atoms with E-state index in [0.717, 1.165) is 12.2 Å². The molecule has 0 saturated heterocycles. The number of benzene rings is 2. The summed E-state index contributed by atoms with van der Waals surface area (Å²) in [4.78, 5) is 0. The van der Waals surface area contributed by atoms with Crippen molar-refractivity contribution >= 4 is 0 Å². The second kappa shape index (κ2) is 5.19. The van der Waals surface area contributed by atoms with E-state index in [-0.39, 0.29) is 11.6 Å². The number of aryl methyl sites for hydroxylation is 1. The molecule has 0 aliphatic carbocycles. The van der Waals surface area contributed by atoms with Crippen LogP contribution >= 0.6 is 0 Å². The molecule has 1 heterocycles. The predicted octanol–water partition coefficient (Wildman–Crippen LogP) is 4.02. The highest BCUT2D eigenvalue weighted by Crippen LogP contribution is 2.37. The minimum atomic E-state index is -0.0834. The maximum atomic E-state index is 5.96. The SMILES string of the molecule is CNC(c1ccc(C)cc1)c1ccc2c(c1)CC(C)(C)O2. The number of hydrogen-bond donors (Lipinski definition) is 1. The Morgan fingerprint density at radius 1 is 1.05 bits per heavy atom. The fraction of sp³-hybridized carbons (Fsp3) is 0.368. The van der Waals surface area contributed by atoms with Crippen LogP contribution in [0.4, 0.5) is 0 Å². The molecular formula is C19H23NO. The fourth-order valence-electron chi connectivity index (χ4n) is 3.09. The molecular weight excluding hydrogens is 258 g/mol. The lowest BCUT2D eigenvalue weighted by molar-refractivity contribution is 0.138. The van der Waals surface area contributed by atoms with E-state index in [1.54, 1.807) is 0 Å². The van der Waals surface area contributed by atoms with Crippen LogP contribution < -0.4 is 10.1 Å². The molecule has 2 aromatic carbocycles. The second-order valence-electron chi connectivity index (χ2n) is 6.54. The Morgan fingerprint density at radius 2 is 1.71 bits per heavy atom. The highest BCUT2D eigenvalue weighted by molar-refractivity contribution is 5.45. The van der Waals surface area contributed by atoms with Gasteiger partial charge in [-0.2, -0.15) is 0 Å². The first-order valence-electron chi connectivity index (χ1n) is 7.54. The standard InChI is InChI=1S/C19H23NO/c1-13-5-7-14(8-6-13)18(20-4)15-9-10-17-16(11-15)12-19(2,3)21-17/h5-11,18,20H,12H2,1-4H3. The first-order chi connectivity index (χ1) is 9.98. The van der Waals surface area contributed by atoms with Gasteiger partial charge in [-0.15, -0.1) is 0 Å². The maximum Gasteiger partial charge on any atom is 0.123 e. The summed E-state index contributed by atoms with van der Waals surface area (Å²) in [7, 11) is 2.01. The Bertz CT molecular complexity index is 643. The Morgan fingerprint density at radius 3 is 2.38 bits per heavy atom. The topological polar surface area (TPSA) is 21.3 Å². The van der Waals surface area contributed by atoms with E-state index in [0.29, 0.717) is 0 Å². The zero-order chi connectivity index (χ0) is 15.0. The van der Waals surface area contributed by atoms with Gasteiger partial charge in [0, 0.05) is 6.42 Å². The number of hydrogen-bond acceptors (Lipinski definition) is 2. The van der Waals surface area contributed by atoms with E-state index in [9.17, 15) is 0 Å². The molecule has 0 amide bonds. The third-order valence-electron chi connectivity index (χ3n) is 4.12. The Kier molecular flexibility index (Phi) is 3.50. The normalized spacial score (nSPS) is 17.1. The summed E-state index contributed by atoms with van der Waals surface area (Å²) in [5.74, 6) is 1.03. The Balaban J connectivity index is 1.94. The summed E-state index contributed by atoms with van der Waals surface area (Å²) in [6, 6.07) is 15.5. The van der Waals surface area contributed by atoms with Crippen molar-refractivity contribution in [2.75, 3.05) is 7.05 Å². The van der Waals surface area contributed by atoms with Crippen molar-refractivity contribution in [3.63, 3.8) is 0 Å². The van der Waals surface area contributed by atoms with Gasteiger partial charge in [0.1, 0.15) is 11.4 Å². The second-order valence-corrected chi connectivity index (χ2v) is 6.54. The van der Waals surface area contributed by atoms with Crippen LogP contribution in [0.15, 0.2) is 42.5 Å². The number of ether oxygens (including phenoxy) is 1. The van der Waals surface area contributed by atoms with Gasteiger partial charge >= 0.3 is 0 Å². The van der Waals surface area contributed by atoms with E-state index < -0.39 is 0 Å². The van der Waals surface area contributed by atoms with E-state index in [1.807, 2.05) is 7.05 Å². The minimum absolute atomic E-state index is 0.0834. The average molecular weight is 281 g/mol. The monoisotopic (exact) mass is 281 g/mol. The van der Waals surface area contributed by atoms with Crippen molar-refractivity contribution in [2.24, 2.45) is 0 Å². The molecule has 0 aromatic heterocycles. The first-order valence-corrected chi connectivity index (χ1v) is 7.54. The summed E-state index contributed by atoms with van der Waals surface area (Å²) in [5.41, 5.74) is 5.10. The van der Waals surface area contributed by atoms with Gasteiger partial charge in [-0.1, -0.05) is 42.0 Å². The van der Waals surface area contributed by atoms with Crippen LogP contribution in [0.1, 0.15) is 42.1 Å². The van der Waals surface area contributed by atoms with E-state index in [2.05, 4.69) is 68.6 Å². The summed E-state index contributed by atoms with van der Waals surface area (Å²) in [6.07, 6.45) is 0.973. The van der Waals surface area contributed by atoms with Crippen molar-refractivity contribution in [1.82, 2.24) is 5.32 Å². The molecule has 0 saturated carbocycles. The van der Waals surface area contributed by atoms with Crippen LogP contribution in [0.3, 0.4) is 0 Å². The first kappa shape index (κ1) is 14.2. The summed E-state index contributed by atoms with van der Waals surface area (Å²) in [6.45, 7) is 6.40. The molecule has 1 unspecified atom stereocenters. The molecule has 0 spiro atoms. The lowest BCUT2D eigenvalue weighted by Gasteiger charge is -2.18. The van der Waals surface area contributed by atoms with Crippen molar-refractivity contribution in [3.05, 3.63) is 64.7 Å². The van der Waals surface area contributed by atoms with Gasteiger partial charge in [-0.25, -0.2) is 0 Å². The van der Waals surface area contributed by atoms with Crippen molar-refractivity contribution in [3.8, 4) is 5.75 Å². The Labute approximate surface area is 127 Å². The van der Waals surface area contributed by atoms with Gasteiger partial charge in [0.2, 0.25) is 0 Å². The van der Waals surface area contributed by atoms with Crippen LogP contribution in [0.5, 0.6) is 5.75 Å². The zero-order valence-electron chi connectivity index (χ0n) is 13.2. The van der Waals surface area contributed by atoms with E-state index >= 15 is 0 Å². The molecule has 2 nitrogen and oxygen atoms in total. The molecule has 110 valence electrons. The zero-order valence-corrected chi connectivity index (χ0v) is 13.2. The lowest BCUT2D eigenvalue weighted by Crippen LogP contribution is -2.24. The number of nitrogens with one attached hydrogen (secondary N) is 1.